The summed E-state index contributed by atoms with van der Waals surface area (Å²) in [5.41, 5.74) is 3.73. The van der Waals surface area contributed by atoms with E-state index in [9.17, 15) is 5.11 Å². The van der Waals surface area contributed by atoms with Crippen molar-refractivity contribution < 1.29 is 10.2 Å². The molecule has 0 aliphatic heterocycles. The first kappa shape index (κ1) is 15.3. The molecule has 1 aliphatic rings. The molecule has 3 heteroatoms. The van der Waals surface area contributed by atoms with E-state index in [2.05, 4.69) is 33.0 Å². The Balaban J connectivity index is 2.16. The monoisotopic (exact) mass is 277 g/mol. The molecule has 1 aromatic carbocycles. The third-order valence-electron chi connectivity index (χ3n) is 4.53. The van der Waals surface area contributed by atoms with Gasteiger partial charge in [-0.2, -0.15) is 0 Å². The van der Waals surface area contributed by atoms with Gasteiger partial charge in [-0.3, -0.25) is 0 Å². The van der Waals surface area contributed by atoms with Crippen molar-refractivity contribution in [2.75, 3.05) is 13.2 Å². The Morgan fingerprint density at radius 3 is 2.65 bits per heavy atom. The number of benzene rings is 1. The molecule has 0 bridgehead atoms. The summed E-state index contributed by atoms with van der Waals surface area (Å²) in [4.78, 5) is 0. The van der Waals surface area contributed by atoms with Crippen molar-refractivity contribution in [3.63, 3.8) is 0 Å². The first-order valence-electron chi connectivity index (χ1n) is 7.52. The van der Waals surface area contributed by atoms with Gasteiger partial charge in [-0.1, -0.05) is 26.8 Å². The Hall–Kier alpha value is -1.06. The maximum Gasteiger partial charge on any atom is 0.120 e. The van der Waals surface area contributed by atoms with Crippen LogP contribution in [0.25, 0.3) is 0 Å². The highest BCUT2D eigenvalue weighted by atomic mass is 16.3. The van der Waals surface area contributed by atoms with Crippen LogP contribution in [0.1, 0.15) is 62.3 Å². The molecule has 2 rings (SSSR count). The van der Waals surface area contributed by atoms with Crippen molar-refractivity contribution in [1.82, 2.24) is 5.32 Å². The second-order valence-electron chi connectivity index (χ2n) is 6.94. The van der Waals surface area contributed by atoms with E-state index in [1.165, 1.54) is 11.1 Å². The molecule has 0 saturated heterocycles. The van der Waals surface area contributed by atoms with E-state index in [0.717, 1.165) is 24.9 Å². The fourth-order valence-electron chi connectivity index (χ4n) is 3.32. The molecule has 0 aromatic heterocycles. The van der Waals surface area contributed by atoms with E-state index in [1.54, 1.807) is 6.07 Å². The maximum atomic E-state index is 10.2. The van der Waals surface area contributed by atoms with Crippen LogP contribution in [0.2, 0.25) is 0 Å². The lowest BCUT2D eigenvalue weighted by Crippen LogP contribution is -2.32. The zero-order valence-electron chi connectivity index (χ0n) is 13.0. The van der Waals surface area contributed by atoms with Gasteiger partial charge in [-0.25, -0.2) is 0 Å². The van der Waals surface area contributed by atoms with Crippen LogP contribution in [0.5, 0.6) is 5.75 Å². The molecule has 1 aliphatic carbocycles. The Morgan fingerprint density at radius 2 is 2.00 bits per heavy atom. The molecule has 1 aromatic rings. The lowest BCUT2D eigenvalue weighted by molar-refractivity contribution is 0.202. The summed E-state index contributed by atoms with van der Waals surface area (Å²) in [6.45, 7) is 9.73. The minimum absolute atomic E-state index is 0.0696. The van der Waals surface area contributed by atoms with E-state index < -0.39 is 0 Å². The Labute approximate surface area is 122 Å². The van der Waals surface area contributed by atoms with E-state index in [-0.39, 0.29) is 18.1 Å². The van der Waals surface area contributed by atoms with Crippen LogP contribution in [-0.2, 0) is 0 Å². The van der Waals surface area contributed by atoms with Crippen LogP contribution in [0.3, 0.4) is 0 Å². The summed E-state index contributed by atoms with van der Waals surface area (Å²) >= 11 is 0. The normalized spacial score (nSPS) is 22.1. The summed E-state index contributed by atoms with van der Waals surface area (Å²) in [5, 5.41) is 22.9. The largest absolute Gasteiger partial charge is 0.508 e. The highest BCUT2D eigenvalue weighted by Gasteiger charge is 2.32. The quantitative estimate of drug-likeness (QED) is 0.774. The first-order valence-corrected chi connectivity index (χ1v) is 7.52. The zero-order valence-corrected chi connectivity index (χ0v) is 13.0. The topological polar surface area (TPSA) is 52.5 Å². The highest BCUT2D eigenvalue weighted by molar-refractivity contribution is 5.50. The smallest absolute Gasteiger partial charge is 0.120 e. The van der Waals surface area contributed by atoms with Crippen LogP contribution in [0.15, 0.2) is 12.1 Å². The predicted octanol–water partition coefficient (Wildman–Crippen LogP) is 3.25. The molecule has 112 valence electrons. The van der Waals surface area contributed by atoms with Gasteiger partial charge in [0.15, 0.2) is 0 Å². The molecular formula is C17H27NO2. The number of hydrogen-bond acceptors (Lipinski definition) is 3. The number of fused-ring (bicyclic) bond motifs is 1. The van der Waals surface area contributed by atoms with E-state index in [1.807, 2.05) is 6.07 Å². The van der Waals surface area contributed by atoms with Crippen molar-refractivity contribution in [3.8, 4) is 5.75 Å². The minimum atomic E-state index is 0.0696. The summed E-state index contributed by atoms with van der Waals surface area (Å²) in [6, 6.07) is 4.03. The lowest BCUT2D eigenvalue weighted by atomic mass is 9.89. The summed E-state index contributed by atoms with van der Waals surface area (Å²) in [5.74, 6) is 0.892. The Kier molecular flexibility index (Phi) is 4.40. The van der Waals surface area contributed by atoms with Crippen molar-refractivity contribution in [2.24, 2.45) is 5.41 Å². The number of phenols is 1. The average Bonchev–Trinajstić information content (AvgIpc) is 2.70. The van der Waals surface area contributed by atoms with Crippen LogP contribution >= 0.6 is 0 Å². The van der Waals surface area contributed by atoms with Gasteiger partial charge >= 0.3 is 0 Å². The molecule has 0 radical (unpaired) electrons. The van der Waals surface area contributed by atoms with Crippen molar-refractivity contribution in [3.05, 3.63) is 28.8 Å². The van der Waals surface area contributed by atoms with Gasteiger partial charge in [0.25, 0.3) is 0 Å². The van der Waals surface area contributed by atoms with Crippen molar-refractivity contribution in [2.45, 2.75) is 52.5 Å². The van der Waals surface area contributed by atoms with Crippen LogP contribution in [0.4, 0.5) is 0 Å². The second kappa shape index (κ2) is 5.74. The van der Waals surface area contributed by atoms with Crippen LogP contribution < -0.4 is 5.32 Å². The van der Waals surface area contributed by atoms with E-state index in [0.29, 0.717) is 11.7 Å². The second-order valence-corrected chi connectivity index (χ2v) is 6.94. The summed E-state index contributed by atoms with van der Waals surface area (Å²) < 4.78 is 0. The van der Waals surface area contributed by atoms with Gasteiger partial charge in [0.1, 0.15) is 5.75 Å². The van der Waals surface area contributed by atoms with E-state index >= 15 is 0 Å². The number of nitrogens with one attached hydrogen (secondary N) is 1. The van der Waals surface area contributed by atoms with Crippen molar-refractivity contribution in [1.29, 1.82) is 0 Å². The minimum Gasteiger partial charge on any atom is -0.508 e. The number of aromatic hydroxyl groups is 1. The number of aliphatic hydroxyl groups excluding tert-OH is 1. The third-order valence-corrected chi connectivity index (χ3v) is 4.53. The van der Waals surface area contributed by atoms with Gasteiger partial charge in [-0.05, 0) is 48.3 Å². The fourth-order valence-corrected chi connectivity index (χ4v) is 3.32. The standard InChI is InChI=1S/C17H27NO2/c1-11-5-6-14(20)16-13(9-12(2)15(11)16)18-10-17(3,4)7-8-19/h5-6,12-13,18-20H,7-10H2,1-4H3. The Bertz CT molecular complexity index is 482. The predicted molar refractivity (Wildman–Crippen MR) is 82.1 cm³/mol. The molecule has 2 atom stereocenters. The molecule has 2 unspecified atom stereocenters. The highest BCUT2D eigenvalue weighted by Crippen LogP contribution is 2.46. The molecule has 0 amide bonds. The van der Waals surface area contributed by atoms with E-state index in [4.69, 9.17) is 5.11 Å². The molecular weight excluding hydrogens is 250 g/mol. The van der Waals surface area contributed by atoms with Gasteiger partial charge in [0.05, 0.1) is 0 Å². The summed E-state index contributed by atoms with van der Waals surface area (Å²) in [6.07, 6.45) is 1.82. The van der Waals surface area contributed by atoms with Gasteiger partial charge in [0.2, 0.25) is 0 Å². The lowest BCUT2D eigenvalue weighted by Gasteiger charge is -2.27. The molecule has 3 nitrogen and oxygen atoms in total. The number of aryl methyl sites for hydroxylation is 1. The molecule has 20 heavy (non-hydrogen) atoms. The fraction of sp³-hybridized carbons (Fsp3) is 0.647. The van der Waals surface area contributed by atoms with Crippen molar-refractivity contribution >= 4 is 0 Å². The molecule has 0 heterocycles. The number of rotatable bonds is 5. The first-order chi connectivity index (χ1) is 9.35. The zero-order chi connectivity index (χ0) is 14.9. The van der Waals surface area contributed by atoms with Crippen LogP contribution in [-0.4, -0.2) is 23.4 Å². The third kappa shape index (κ3) is 2.99. The number of phenolic OH excluding ortho intramolecular Hbond substituents is 1. The SMILES string of the molecule is Cc1ccc(O)c2c1C(C)CC2NCC(C)(C)CCO. The average molecular weight is 277 g/mol. The molecule has 3 N–H and O–H groups in total. The molecule has 0 saturated carbocycles. The van der Waals surface area contributed by atoms with Crippen LogP contribution in [0, 0.1) is 12.3 Å². The number of hydrogen-bond donors (Lipinski definition) is 3. The number of aliphatic hydroxyl groups is 1. The van der Waals surface area contributed by atoms with Gasteiger partial charge < -0.3 is 15.5 Å². The Morgan fingerprint density at radius 1 is 1.30 bits per heavy atom. The molecule has 0 spiro atoms. The van der Waals surface area contributed by atoms with Gasteiger partial charge in [-0.15, -0.1) is 0 Å². The summed E-state index contributed by atoms with van der Waals surface area (Å²) in [7, 11) is 0. The molecule has 0 fully saturated rings. The van der Waals surface area contributed by atoms with Gasteiger partial charge in [0, 0.05) is 24.8 Å². The maximum absolute atomic E-state index is 10.2.